The Bertz CT molecular complexity index is 999. The molecule has 1 unspecified atom stereocenters. The van der Waals surface area contributed by atoms with Crippen LogP contribution in [-0.2, 0) is 26.3 Å². The summed E-state index contributed by atoms with van der Waals surface area (Å²) in [6, 6.07) is 13.6. The van der Waals surface area contributed by atoms with Crippen molar-refractivity contribution in [2.75, 3.05) is 4.90 Å². The first-order chi connectivity index (χ1) is 12.5. The highest BCUT2D eigenvalue weighted by molar-refractivity contribution is 6.33. The van der Waals surface area contributed by atoms with Crippen molar-refractivity contribution in [2.24, 2.45) is 0 Å². The van der Waals surface area contributed by atoms with E-state index in [1.54, 1.807) is 24.4 Å². The average Bonchev–Trinajstić information content (AvgIpc) is 3.02. The van der Waals surface area contributed by atoms with Gasteiger partial charge in [-0.15, -0.1) is 0 Å². The summed E-state index contributed by atoms with van der Waals surface area (Å²) in [6.45, 7) is 0.0794. The van der Waals surface area contributed by atoms with Crippen molar-refractivity contribution in [3.05, 3.63) is 64.7 Å². The van der Waals surface area contributed by atoms with E-state index in [4.69, 9.17) is 11.6 Å². The van der Waals surface area contributed by atoms with E-state index >= 15 is 0 Å². The number of nitriles is 1. The van der Waals surface area contributed by atoms with Crippen molar-refractivity contribution in [1.29, 1.82) is 5.26 Å². The molecule has 0 aliphatic carbocycles. The molecular formula is C19H12ClN3O3. The molecule has 0 bridgehead atoms. The normalized spacial score (nSPS) is 21.5. The van der Waals surface area contributed by atoms with Crippen molar-refractivity contribution >= 4 is 35.0 Å². The van der Waals surface area contributed by atoms with Gasteiger partial charge >= 0.3 is 0 Å². The number of halogens is 1. The molecule has 4 rings (SSSR count). The fraction of sp³-hybridized carbons (Fsp3) is 0.158. The molecule has 2 aromatic rings. The van der Waals surface area contributed by atoms with Crippen LogP contribution in [0.5, 0.6) is 0 Å². The molecule has 26 heavy (non-hydrogen) atoms. The Hall–Kier alpha value is -3.17. The molecule has 2 aliphatic rings. The summed E-state index contributed by atoms with van der Waals surface area (Å²) in [4.78, 5) is 40.7. The van der Waals surface area contributed by atoms with E-state index in [-0.39, 0.29) is 13.0 Å². The molecule has 128 valence electrons. The Morgan fingerprint density at radius 2 is 1.81 bits per heavy atom. The molecule has 0 radical (unpaired) electrons. The highest BCUT2D eigenvalue weighted by Crippen LogP contribution is 2.49. The maximum Gasteiger partial charge on any atom is 0.261 e. The van der Waals surface area contributed by atoms with E-state index in [0.717, 1.165) is 15.4 Å². The minimum Gasteiger partial charge on any atom is -0.277 e. The highest BCUT2D eigenvalue weighted by atomic mass is 35.5. The molecule has 1 atom stereocenters. The van der Waals surface area contributed by atoms with E-state index < -0.39 is 23.1 Å². The number of anilines is 1. The van der Waals surface area contributed by atoms with Gasteiger partial charge < -0.3 is 0 Å². The van der Waals surface area contributed by atoms with Crippen LogP contribution in [0.1, 0.15) is 17.5 Å². The number of amides is 3. The summed E-state index contributed by atoms with van der Waals surface area (Å²) in [5.41, 5.74) is -0.322. The number of hydrogen-bond donors (Lipinski definition) is 0. The first kappa shape index (κ1) is 16.3. The van der Waals surface area contributed by atoms with Gasteiger partial charge in [-0.25, -0.2) is 4.90 Å². The van der Waals surface area contributed by atoms with Crippen LogP contribution < -0.4 is 4.90 Å². The molecule has 2 aromatic carbocycles. The molecular weight excluding hydrogens is 354 g/mol. The third-order valence-corrected chi connectivity index (χ3v) is 5.07. The fourth-order valence-electron chi connectivity index (χ4n) is 3.60. The van der Waals surface area contributed by atoms with Crippen LogP contribution in [0.25, 0.3) is 0 Å². The van der Waals surface area contributed by atoms with Crippen LogP contribution in [0.4, 0.5) is 5.69 Å². The third-order valence-electron chi connectivity index (χ3n) is 4.84. The maximum absolute atomic E-state index is 13.2. The van der Waals surface area contributed by atoms with Crippen LogP contribution in [0.2, 0.25) is 5.02 Å². The lowest BCUT2D eigenvalue weighted by atomic mass is 9.80. The Balaban J connectivity index is 1.81. The predicted octanol–water partition coefficient (Wildman–Crippen LogP) is 2.36. The lowest BCUT2D eigenvalue weighted by Gasteiger charge is -2.20. The second-order valence-corrected chi connectivity index (χ2v) is 6.69. The number of benzene rings is 2. The van der Waals surface area contributed by atoms with Gasteiger partial charge in [-0.3, -0.25) is 19.3 Å². The molecule has 0 aromatic heterocycles. The zero-order chi connectivity index (χ0) is 18.5. The van der Waals surface area contributed by atoms with Gasteiger partial charge in [0.15, 0.2) is 11.6 Å². The van der Waals surface area contributed by atoms with Gasteiger partial charge in [-0.05, 0) is 23.8 Å². The second kappa shape index (κ2) is 5.68. The summed E-state index contributed by atoms with van der Waals surface area (Å²) in [7, 11) is 0. The van der Waals surface area contributed by atoms with Gasteiger partial charge in [0.05, 0.1) is 18.7 Å². The van der Waals surface area contributed by atoms with Gasteiger partial charge in [0, 0.05) is 10.6 Å². The standard InChI is InChI=1S/C19H12ClN3O3/c20-13-6-7-15-14(8-13)19(18(26)23(15)11-21)9-16(24)22(17(19)25)10-12-4-2-1-3-5-12/h1-8H,9-10H2. The lowest BCUT2D eigenvalue weighted by Crippen LogP contribution is -2.45. The summed E-state index contributed by atoms with van der Waals surface area (Å²) in [5.74, 6) is -1.76. The first-order valence-corrected chi connectivity index (χ1v) is 8.30. The Kier molecular flexibility index (Phi) is 3.56. The quantitative estimate of drug-likeness (QED) is 0.465. The van der Waals surface area contributed by atoms with Gasteiger partial charge in [-0.1, -0.05) is 41.9 Å². The molecule has 2 aliphatic heterocycles. The zero-order valence-electron chi connectivity index (χ0n) is 13.5. The van der Waals surface area contributed by atoms with Gasteiger partial charge in [-0.2, -0.15) is 5.26 Å². The van der Waals surface area contributed by atoms with Crippen LogP contribution in [0.15, 0.2) is 48.5 Å². The summed E-state index contributed by atoms with van der Waals surface area (Å²) in [6.07, 6.45) is 1.50. The van der Waals surface area contributed by atoms with Gasteiger partial charge in [0.25, 0.3) is 5.91 Å². The minimum atomic E-state index is -1.71. The number of hydrogen-bond acceptors (Lipinski definition) is 4. The molecule has 0 saturated carbocycles. The topological polar surface area (TPSA) is 81.5 Å². The number of carbonyl (C=O) groups is 3. The van der Waals surface area contributed by atoms with Crippen molar-refractivity contribution in [1.82, 2.24) is 4.90 Å². The summed E-state index contributed by atoms with van der Waals surface area (Å²) in [5, 5.41) is 9.69. The lowest BCUT2D eigenvalue weighted by molar-refractivity contribution is -0.142. The number of fused-ring (bicyclic) bond motifs is 2. The molecule has 2 heterocycles. The predicted molar refractivity (Wildman–Crippen MR) is 92.8 cm³/mol. The smallest absolute Gasteiger partial charge is 0.261 e. The number of imide groups is 1. The number of carbonyl (C=O) groups excluding carboxylic acids is 3. The van der Waals surface area contributed by atoms with Crippen LogP contribution in [-0.4, -0.2) is 22.6 Å². The first-order valence-electron chi connectivity index (χ1n) is 7.92. The third kappa shape index (κ3) is 2.07. The number of rotatable bonds is 2. The van der Waals surface area contributed by atoms with E-state index in [9.17, 15) is 19.6 Å². The molecule has 7 heteroatoms. The molecule has 0 N–H and O–H groups in total. The largest absolute Gasteiger partial charge is 0.277 e. The Morgan fingerprint density at radius 3 is 2.50 bits per heavy atom. The van der Waals surface area contributed by atoms with E-state index in [0.29, 0.717) is 16.3 Å². The average molecular weight is 366 g/mol. The van der Waals surface area contributed by atoms with E-state index in [1.807, 2.05) is 18.2 Å². The van der Waals surface area contributed by atoms with Crippen molar-refractivity contribution in [2.45, 2.75) is 18.4 Å². The van der Waals surface area contributed by atoms with Crippen LogP contribution in [0.3, 0.4) is 0 Å². The van der Waals surface area contributed by atoms with E-state index in [1.165, 1.54) is 12.1 Å². The summed E-state index contributed by atoms with van der Waals surface area (Å²) < 4.78 is 0. The molecule has 6 nitrogen and oxygen atoms in total. The highest BCUT2D eigenvalue weighted by Gasteiger charge is 2.64. The van der Waals surface area contributed by atoms with Crippen LogP contribution in [0, 0.1) is 11.5 Å². The number of likely N-dealkylation sites (tertiary alicyclic amines) is 1. The SMILES string of the molecule is N#CN1C(=O)C2(CC(=O)N(Cc3ccccc3)C2=O)c2cc(Cl)ccc21. The molecule has 3 amide bonds. The second-order valence-electron chi connectivity index (χ2n) is 6.25. The fourth-order valence-corrected chi connectivity index (χ4v) is 3.78. The zero-order valence-corrected chi connectivity index (χ0v) is 14.2. The van der Waals surface area contributed by atoms with Crippen molar-refractivity contribution in [3.8, 4) is 6.19 Å². The van der Waals surface area contributed by atoms with Gasteiger partial charge in [0.1, 0.15) is 0 Å². The van der Waals surface area contributed by atoms with Gasteiger partial charge in [0.2, 0.25) is 11.8 Å². The molecule has 1 spiro atoms. The van der Waals surface area contributed by atoms with E-state index in [2.05, 4.69) is 0 Å². The summed E-state index contributed by atoms with van der Waals surface area (Å²) >= 11 is 6.05. The molecule has 1 fully saturated rings. The monoisotopic (exact) mass is 365 g/mol. The molecule has 1 saturated heterocycles. The minimum absolute atomic E-state index is 0.0794. The van der Waals surface area contributed by atoms with Crippen LogP contribution >= 0.6 is 11.6 Å². The number of nitrogens with zero attached hydrogens (tertiary/aromatic N) is 3. The Labute approximate surface area is 154 Å². The van der Waals surface area contributed by atoms with Crippen molar-refractivity contribution < 1.29 is 14.4 Å². The Morgan fingerprint density at radius 1 is 1.08 bits per heavy atom. The maximum atomic E-state index is 13.2. The van der Waals surface area contributed by atoms with Crippen molar-refractivity contribution in [3.63, 3.8) is 0 Å².